The number of fused-ring (bicyclic) bond motifs is 1. The van der Waals surface area contributed by atoms with Crippen molar-refractivity contribution in [3.8, 4) is 5.75 Å². The summed E-state index contributed by atoms with van der Waals surface area (Å²) in [6.45, 7) is 1.96. The van der Waals surface area contributed by atoms with E-state index in [1.54, 1.807) is 6.07 Å². The van der Waals surface area contributed by atoms with Crippen molar-refractivity contribution in [1.29, 1.82) is 0 Å². The van der Waals surface area contributed by atoms with Crippen LogP contribution in [0.1, 0.15) is 5.56 Å². The number of aryl methyl sites for hydroxylation is 1. The maximum absolute atomic E-state index is 9.58. The van der Waals surface area contributed by atoms with Gasteiger partial charge in [0.25, 0.3) is 0 Å². The maximum atomic E-state index is 9.58. The molecule has 4 N–H and O–H groups in total. The predicted octanol–water partition coefficient (Wildman–Crippen LogP) is 2.48. The van der Waals surface area contributed by atoms with E-state index in [1.165, 1.54) is 0 Å². The number of benzene rings is 2. The van der Waals surface area contributed by atoms with Gasteiger partial charge in [-0.3, -0.25) is 0 Å². The monoisotopic (exact) mass is 202 g/mol. The van der Waals surface area contributed by atoms with E-state index in [-0.39, 0.29) is 5.75 Å². The molecule has 3 nitrogen and oxygen atoms in total. The zero-order valence-corrected chi connectivity index (χ0v) is 8.83. The molecule has 0 unspecified atom stereocenters. The average molecular weight is 202 g/mol. The third-order valence-corrected chi connectivity index (χ3v) is 2.65. The lowest BCUT2D eigenvalue weighted by molar-refractivity contribution is 0.478. The van der Waals surface area contributed by atoms with Gasteiger partial charge in [-0.05, 0) is 36.1 Å². The highest BCUT2D eigenvalue weighted by Crippen LogP contribution is 2.33. The molecule has 0 amide bonds. The van der Waals surface area contributed by atoms with Gasteiger partial charge in [0, 0.05) is 18.1 Å². The Bertz CT molecular complexity index is 521. The summed E-state index contributed by atoms with van der Waals surface area (Å²) in [7, 11) is 1.88. The molecule has 3 heteroatoms. The number of phenolic OH excluding ortho intramolecular Hbond substituents is 1. The lowest BCUT2D eigenvalue weighted by atomic mass is 10.0. The molecule has 15 heavy (non-hydrogen) atoms. The highest BCUT2D eigenvalue weighted by Gasteiger charge is 2.06. The van der Waals surface area contributed by atoms with Crippen LogP contribution < -0.4 is 11.1 Å². The number of nitrogen functional groups attached to an aromatic ring is 1. The average Bonchev–Trinajstić information content (AvgIpc) is 2.25. The lowest BCUT2D eigenvalue weighted by Gasteiger charge is -2.09. The van der Waals surface area contributed by atoms with Gasteiger partial charge in [-0.1, -0.05) is 6.07 Å². The van der Waals surface area contributed by atoms with Gasteiger partial charge in [-0.25, -0.2) is 0 Å². The van der Waals surface area contributed by atoms with Crippen molar-refractivity contribution in [1.82, 2.24) is 0 Å². The molecule has 78 valence electrons. The number of aromatic hydroxyl groups is 1. The number of nitrogens with two attached hydrogens (primary N) is 1. The molecule has 2 rings (SSSR count). The molecule has 0 aromatic heterocycles. The van der Waals surface area contributed by atoms with Crippen molar-refractivity contribution in [2.75, 3.05) is 18.1 Å². The third-order valence-electron chi connectivity index (χ3n) is 2.65. The van der Waals surface area contributed by atoms with Crippen molar-refractivity contribution in [3.63, 3.8) is 0 Å². The molecule has 0 aliphatic carbocycles. The van der Waals surface area contributed by atoms with E-state index in [4.69, 9.17) is 5.73 Å². The predicted molar refractivity (Wildman–Crippen MR) is 64.3 cm³/mol. The zero-order chi connectivity index (χ0) is 11.0. The first-order valence-corrected chi connectivity index (χ1v) is 4.83. The van der Waals surface area contributed by atoms with Gasteiger partial charge >= 0.3 is 0 Å². The van der Waals surface area contributed by atoms with Crippen LogP contribution in [-0.2, 0) is 0 Å². The minimum atomic E-state index is 0.150. The Kier molecular flexibility index (Phi) is 2.15. The molecule has 0 fully saturated rings. The Morgan fingerprint density at radius 2 is 1.93 bits per heavy atom. The fourth-order valence-electron chi connectivity index (χ4n) is 1.76. The van der Waals surface area contributed by atoms with Crippen LogP contribution in [0.5, 0.6) is 5.75 Å². The molecule has 0 aliphatic rings. The van der Waals surface area contributed by atoms with Crippen LogP contribution in [0.2, 0.25) is 0 Å². The van der Waals surface area contributed by atoms with Gasteiger partial charge in [0.15, 0.2) is 0 Å². The summed E-state index contributed by atoms with van der Waals surface area (Å²) in [5.74, 6) is 0.150. The molecule has 0 spiro atoms. The van der Waals surface area contributed by atoms with Crippen LogP contribution in [-0.4, -0.2) is 12.2 Å². The number of rotatable bonds is 1. The topological polar surface area (TPSA) is 58.3 Å². The van der Waals surface area contributed by atoms with Crippen LogP contribution in [0, 0.1) is 6.92 Å². The van der Waals surface area contributed by atoms with Crippen LogP contribution in [0.25, 0.3) is 10.8 Å². The summed E-state index contributed by atoms with van der Waals surface area (Å²) < 4.78 is 0. The molecular weight excluding hydrogens is 188 g/mol. The number of anilines is 2. The van der Waals surface area contributed by atoms with E-state index < -0.39 is 0 Å². The van der Waals surface area contributed by atoms with Gasteiger partial charge in [-0.15, -0.1) is 0 Å². The molecule has 0 bridgehead atoms. The summed E-state index contributed by atoms with van der Waals surface area (Å²) in [4.78, 5) is 0. The molecular formula is C12H14N2O. The Morgan fingerprint density at radius 3 is 2.60 bits per heavy atom. The number of hydrogen-bond acceptors (Lipinski definition) is 3. The lowest BCUT2D eigenvalue weighted by Crippen LogP contribution is -1.92. The standard InChI is InChI=1S/C12H14N2O/c1-7-5-11(15)12(13)9-4-3-8(14-2)6-10(7)9/h3-6,14-15H,13H2,1-2H3. The molecule has 2 aromatic rings. The smallest absolute Gasteiger partial charge is 0.139 e. The van der Waals surface area contributed by atoms with Crippen molar-refractivity contribution in [2.45, 2.75) is 6.92 Å². The number of phenols is 1. The SMILES string of the molecule is CNc1ccc2c(N)c(O)cc(C)c2c1. The second-order valence-electron chi connectivity index (χ2n) is 3.64. The normalized spacial score (nSPS) is 10.5. The molecule has 0 atom stereocenters. The highest BCUT2D eigenvalue weighted by atomic mass is 16.3. The number of hydrogen-bond donors (Lipinski definition) is 3. The minimum absolute atomic E-state index is 0.150. The van der Waals surface area contributed by atoms with E-state index >= 15 is 0 Å². The third kappa shape index (κ3) is 1.46. The second-order valence-corrected chi connectivity index (χ2v) is 3.64. The van der Waals surface area contributed by atoms with Crippen molar-refractivity contribution < 1.29 is 5.11 Å². The Balaban J connectivity index is 2.84. The first-order valence-electron chi connectivity index (χ1n) is 4.83. The Hall–Kier alpha value is -1.90. The van der Waals surface area contributed by atoms with Crippen LogP contribution in [0.4, 0.5) is 11.4 Å². The van der Waals surface area contributed by atoms with Crippen LogP contribution >= 0.6 is 0 Å². The summed E-state index contributed by atoms with van der Waals surface area (Å²) in [6.07, 6.45) is 0. The van der Waals surface area contributed by atoms with Crippen LogP contribution in [0.3, 0.4) is 0 Å². The van der Waals surface area contributed by atoms with Gasteiger partial charge < -0.3 is 16.2 Å². The molecule has 2 aromatic carbocycles. The Morgan fingerprint density at radius 1 is 1.20 bits per heavy atom. The van der Waals surface area contributed by atoms with E-state index in [2.05, 4.69) is 5.32 Å². The summed E-state index contributed by atoms with van der Waals surface area (Å²) in [6, 6.07) is 7.58. The zero-order valence-electron chi connectivity index (χ0n) is 8.83. The van der Waals surface area contributed by atoms with Crippen molar-refractivity contribution >= 4 is 22.1 Å². The van der Waals surface area contributed by atoms with Gasteiger partial charge in [0.1, 0.15) is 5.75 Å². The molecule has 0 aliphatic heterocycles. The summed E-state index contributed by atoms with van der Waals surface area (Å²) in [5, 5.41) is 14.6. The highest BCUT2D eigenvalue weighted by molar-refractivity contribution is 5.99. The second kappa shape index (κ2) is 3.35. The molecule has 0 saturated heterocycles. The van der Waals surface area contributed by atoms with Gasteiger partial charge in [0.05, 0.1) is 5.69 Å². The van der Waals surface area contributed by atoms with Crippen LogP contribution in [0.15, 0.2) is 24.3 Å². The summed E-state index contributed by atoms with van der Waals surface area (Å²) in [5.41, 5.74) is 8.31. The fraction of sp³-hybridized carbons (Fsp3) is 0.167. The van der Waals surface area contributed by atoms with E-state index in [0.717, 1.165) is 22.0 Å². The van der Waals surface area contributed by atoms with E-state index in [0.29, 0.717) is 5.69 Å². The number of nitrogens with one attached hydrogen (secondary N) is 1. The van der Waals surface area contributed by atoms with Crippen molar-refractivity contribution in [2.24, 2.45) is 0 Å². The first-order chi connectivity index (χ1) is 7.13. The van der Waals surface area contributed by atoms with E-state index in [1.807, 2.05) is 32.2 Å². The van der Waals surface area contributed by atoms with E-state index in [9.17, 15) is 5.11 Å². The fourth-order valence-corrected chi connectivity index (χ4v) is 1.76. The van der Waals surface area contributed by atoms with Crippen molar-refractivity contribution in [3.05, 3.63) is 29.8 Å². The van der Waals surface area contributed by atoms with Gasteiger partial charge in [0.2, 0.25) is 0 Å². The first kappa shape index (κ1) is 9.65. The molecule has 0 saturated carbocycles. The molecule has 0 radical (unpaired) electrons. The minimum Gasteiger partial charge on any atom is -0.506 e. The maximum Gasteiger partial charge on any atom is 0.139 e. The summed E-state index contributed by atoms with van der Waals surface area (Å²) >= 11 is 0. The quantitative estimate of drug-likeness (QED) is 0.492. The Labute approximate surface area is 88.5 Å². The van der Waals surface area contributed by atoms with Gasteiger partial charge in [-0.2, -0.15) is 0 Å². The molecule has 0 heterocycles. The largest absolute Gasteiger partial charge is 0.506 e.